The van der Waals surface area contributed by atoms with Gasteiger partial charge in [0.25, 0.3) is 0 Å². The van der Waals surface area contributed by atoms with Gasteiger partial charge >= 0.3 is 5.97 Å². The summed E-state index contributed by atoms with van der Waals surface area (Å²) >= 11 is 0. The number of carboxylic acids is 1. The molecular formula is C15H20ClN3O2. The fraction of sp³-hybridized carbons (Fsp3) is 0.467. The number of carbonyl (C=O) groups is 1. The Morgan fingerprint density at radius 3 is 2.86 bits per heavy atom. The van der Waals surface area contributed by atoms with E-state index in [1.165, 1.54) is 25.7 Å². The van der Waals surface area contributed by atoms with Gasteiger partial charge in [-0.3, -0.25) is 0 Å². The summed E-state index contributed by atoms with van der Waals surface area (Å²) < 4.78 is 0. The fourth-order valence-corrected chi connectivity index (χ4v) is 3.08. The summed E-state index contributed by atoms with van der Waals surface area (Å²) in [6.07, 6.45) is 9.40. The van der Waals surface area contributed by atoms with Gasteiger partial charge < -0.3 is 15.7 Å². The molecule has 6 heteroatoms. The zero-order chi connectivity index (χ0) is 14.0. The molecule has 1 aliphatic carbocycles. The Bertz CT molecular complexity index is 554. The number of aliphatic carboxylic acids is 1. The van der Waals surface area contributed by atoms with E-state index in [0.717, 1.165) is 36.1 Å². The topological polar surface area (TPSA) is 74.2 Å². The third-order valence-electron chi connectivity index (χ3n) is 4.21. The lowest BCUT2D eigenvalue weighted by atomic mass is 9.98. The van der Waals surface area contributed by atoms with Crippen LogP contribution in [0, 0.1) is 0 Å². The lowest BCUT2D eigenvalue weighted by Crippen LogP contribution is -2.46. The lowest BCUT2D eigenvalue weighted by Gasteiger charge is -2.28. The van der Waals surface area contributed by atoms with Gasteiger partial charge in [0.2, 0.25) is 0 Å². The number of fused-ring (bicyclic) bond motifs is 1. The highest BCUT2D eigenvalue weighted by molar-refractivity contribution is 5.85. The number of nitrogens with zero attached hydrogens (tertiary/aromatic N) is 1. The minimum Gasteiger partial charge on any atom is -0.478 e. The quantitative estimate of drug-likeness (QED) is 0.732. The molecule has 5 nitrogen and oxygen atoms in total. The Morgan fingerprint density at radius 1 is 1.38 bits per heavy atom. The highest BCUT2D eigenvalue weighted by atomic mass is 35.5. The maximum Gasteiger partial charge on any atom is 0.328 e. The molecule has 0 radical (unpaired) electrons. The normalized spacial score (nSPS) is 19.6. The van der Waals surface area contributed by atoms with Crippen molar-refractivity contribution in [1.29, 1.82) is 0 Å². The molecule has 3 N–H and O–H groups in total. The summed E-state index contributed by atoms with van der Waals surface area (Å²) in [5.74, 6) is -0.0325. The van der Waals surface area contributed by atoms with E-state index in [2.05, 4.69) is 15.6 Å². The smallest absolute Gasteiger partial charge is 0.328 e. The van der Waals surface area contributed by atoms with Gasteiger partial charge in [-0.25, -0.2) is 9.78 Å². The van der Waals surface area contributed by atoms with Crippen molar-refractivity contribution in [2.24, 2.45) is 0 Å². The van der Waals surface area contributed by atoms with E-state index in [9.17, 15) is 4.79 Å². The van der Waals surface area contributed by atoms with Gasteiger partial charge in [-0.2, -0.15) is 0 Å². The van der Waals surface area contributed by atoms with E-state index >= 15 is 0 Å². The van der Waals surface area contributed by atoms with Gasteiger partial charge in [0.15, 0.2) is 0 Å². The van der Waals surface area contributed by atoms with Crippen molar-refractivity contribution >= 4 is 30.3 Å². The second-order valence-electron chi connectivity index (χ2n) is 5.64. The number of hydrogen-bond donors (Lipinski definition) is 3. The van der Waals surface area contributed by atoms with E-state index < -0.39 is 5.97 Å². The minimum absolute atomic E-state index is 0. The van der Waals surface area contributed by atoms with Crippen LogP contribution in [0.5, 0.6) is 0 Å². The molecule has 1 spiro atoms. The maximum absolute atomic E-state index is 10.6. The zero-order valence-electron chi connectivity index (χ0n) is 11.8. The minimum atomic E-state index is -0.943. The van der Waals surface area contributed by atoms with Crippen molar-refractivity contribution < 1.29 is 9.90 Å². The first kappa shape index (κ1) is 15.8. The number of aromatic nitrogens is 1. The summed E-state index contributed by atoms with van der Waals surface area (Å²) in [5.41, 5.74) is 2.12. The number of anilines is 1. The molecule has 2 aliphatic rings. The summed E-state index contributed by atoms with van der Waals surface area (Å²) in [6.45, 7) is 1.70. The Labute approximate surface area is 130 Å². The molecule has 0 aromatic carbocycles. The second-order valence-corrected chi connectivity index (χ2v) is 5.64. The van der Waals surface area contributed by atoms with E-state index in [1.807, 2.05) is 6.07 Å². The van der Waals surface area contributed by atoms with Gasteiger partial charge in [0.1, 0.15) is 5.82 Å². The molecule has 1 saturated carbocycles. The molecule has 0 atom stereocenters. The van der Waals surface area contributed by atoms with Crippen LogP contribution < -0.4 is 10.6 Å². The Kier molecular flexibility index (Phi) is 4.85. The van der Waals surface area contributed by atoms with Crippen molar-refractivity contribution in [3.63, 3.8) is 0 Å². The second kappa shape index (κ2) is 6.45. The number of hydrogen-bond acceptors (Lipinski definition) is 4. The summed E-state index contributed by atoms with van der Waals surface area (Å²) in [7, 11) is 0. The van der Waals surface area contributed by atoms with Crippen LogP contribution in [-0.2, 0) is 11.3 Å². The highest BCUT2D eigenvalue weighted by Gasteiger charge is 2.35. The number of halogens is 1. The van der Waals surface area contributed by atoms with Gasteiger partial charge in [-0.1, -0.05) is 12.8 Å². The average Bonchev–Trinajstić information content (AvgIpc) is 2.82. The van der Waals surface area contributed by atoms with E-state index in [4.69, 9.17) is 5.11 Å². The monoisotopic (exact) mass is 309 g/mol. The molecule has 1 aliphatic heterocycles. The Morgan fingerprint density at radius 2 is 2.14 bits per heavy atom. The van der Waals surface area contributed by atoms with Crippen molar-refractivity contribution in [2.75, 3.05) is 11.9 Å². The van der Waals surface area contributed by atoms with Crippen LogP contribution in [0.2, 0.25) is 0 Å². The molecular weight excluding hydrogens is 290 g/mol. The first-order valence-corrected chi connectivity index (χ1v) is 7.06. The number of rotatable bonds is 2. The van der Waals surface area contributed by atoms with Gasteiger partial charge in [-0.15, -0.1) is 12.4 Å². The first-order valence-electron chi connectivity index (χ1n) is 7.06. The Hall–Kier alpha value is -1.59. The van der Waals surface area contributed by atoms with E-state index in [-0.39, 0.29) is 17.9 Å². The van der Waals surface area contributed by atoms with Crippen molar-refractivity contribution in [1.82, 2.24) is 10.3 Å². The molecule has 0 amide bonds. The average molecular weight is 310 g/mol. The van der Waals surface area contributed by atoms with Crippen molar-refractivity contribution in [3.05, 3.63) is 29.5 Å². The number of nitrogens with one attached hydrogen (secondary N) is 2. The van der Waals surface area contributed by atoms with Crippen LogP contribution in [0.25, 0.3) is 6.08 Å². The predicted molar refractivity (Wildman–Crippen MR) is 84.7 cm³/mol. The van der Waals surface area contributed by atoms with Gasteiger partial charge in [0, 0.05) is 36.5 Å². The van der Waals surface area contributed by atoms with E-state index in [0.29, 0.717) is 0 Å². The molecule has 2 heterocycles. The molecule has 1 fully saturated rings. The predicted octanol–water partition coefficient (Wildman–Crippen LogP) is 2.43. The number of pyridine rings is 1. The summed E-state index contributed by atoms with van der Waals surface area (Å²) in [6, 6.07) is 2.00. The molecule has 0 unspecified atom stereocenters. The summed E-state index contributed by atoms with van der Waals surface area (Å²) in [4.78, 5) is 15.0. The zero-order valence-corrected chi connectivity index (χ0v) is 12.6. The van der Waals surface area contributed by atoms with Crippen LogP contribution in [0.3, 0.4) is 0 Å². The third-order valence-corrected chi connectivity index (χ3v) is 4.21. The summed E-state index contributed by atoms with van der Waals surface area (Å²) in [5, 5.41) is 15.8. The van der Waals surface area contributed by atoms with Crippen LogP contribution in [0.1, 0.15) is 36.8 Å². The maximum atomic E-state index is 10.6. The van der Waals surface area contributed by atoms with Crippen molar-refractivity contribution in [3.8, 4) is 0 Å². The SMILES string of the molecule is Cl.O=C(O)/C=C/c1cnc2c(c1)CNC1(CCCC1)CN2. The first-order chi connectivity index (χ1) is 9.67. The van der Waals surface area contributed by atoms with E-state index in [1.54, 1.807) is 12.3 Å². The third kappa shape index (κ3) is 3.54. The van der Waals surface area contributed by atoms with Crippen LogP contribution in [-0.4, -0.2) is 28.1 Å². The van der Waals surface area contributed by atoms with Gasteiger partial charge in [0.05, 0.1) is 0 Å². The van der Waals surface area contributed by atoms with Crippen molar-refractivity contribution in [2.45, 2.75) is 37.8 Å². The highest BCUT2D eigenvalue weighted by Crippen LogP contribution is 2.32. The molecule has 0 saturated heterocycles. The Balaban J connectivity index is 0.00000161. The van der Waals surface area contributed by atoms with Crippen LogP contribution in [0.4, 0.5) is 5.82 Å². The molecule has 114 valence electrons. The molecule has 3 rings (SSSR count). The number of carboxylic acid groups (broad SMARTS) is 1. The molecule has 1 aromatic rings. The van der Waals surface area contributed by atoms with Crippen LogP contribution in [0.15, 0.2) is 18.3 Å². The molecule has 0 bridgehead atoms. The standard InChI is InChI=1S/C15H19N3O2.ClH/c19-13(20)4-3-11-7-12-9-18-15(5-1-2-6-15)10-17-14(12)16-8-11;/h3-4,7-8,18H,1-2,5-6,9-10H2,(H,16,17)(H,19,20);1H/b4-3+;. The molecule has 21 heavy (non-hydrogen) atoms. The molecule has 1 aromatic heterocycles. The van der Waals surface area contributed by atoms with Gasteiger partial charge in [-0.05, 0) is 30.5 Å². The fourth-order valence-electron chi connectivity index (χ4n) is 3.08. The van der Waals surface area contributed by atoms with Crippen LogP contribution >= 0.6 is 12.4 Å². The largest absolute Gasteiger partial charge is 0.478 e. The lowest BCUT2D eigenvalue weighted by molar-refractivity contribution is -0.131.